The molecule has 0 saturated heterocycles. The number of carbonyl (C=O) groups is 3. The molecule has 4 rings (SSSR count). The third-order valence-corrected chi connectivity index (χ3v) is 10.8. The smallest absolute Gasteiger partial charge is 0.206 e. The van der Waals surface area contributed by atoms with Crippen molar-refractivity contribution in [1.82, 2.24) is 0 Å². The highest BCUT2D eigenvalue weighted by atomic mass is 16.3. The van der Waals surface area contributed by atoms with Gasteiger partial charge in [0.1, 0.15) is 11.4 Å². The number of allylic oxidation sites excluding steroid dienone is 4. The highest BCUT2D eigenvalue weighted by Gasteiger charge is 2.74. The van der Waals surface area contributed by atoms with Crippen molar-refractivity contribution < 1.29 is 34.8 Å². The van der Waals surface area contributed by atoms with Gasteiger partial charge in [0.25, 0.3) is 0 Å². The van der Waals surface area contributed by atoms with Gasteiger partial charge in [-0.05, 0) is 76.4 Å². The molecule has 37 heavy (non-hydrogen) atoms. The van der Waals surface area contributed by atoms with Crippen molar-refractivity contribution >= 4 is 17.3 Å². The van der Waals surface area contributed by atoms with Crippen molar-refractivity contribution in [1.29, 1.82) is 0 Å². The van der Waals surface area contributed by atoms with Crippen molar-refractivity contribution in [3.63, 3.8) is 0 Å². The fraction of sp³-hybridized carbons (Fsp3) is 0.700. The van der Waals surface area contributed by atoms with E-state index >= 15 is 0 Å². The molecule has 0 aliphatic heterocycles. The zero-order chi connectivity index (χ0) is 28.1. The van der Waals surface area contributed by atoms with Crippen molar-refractivity contribution in [2.45, 2.75) is 92.0 Å². The predicted molar refractivity (Wildman–Crippen MR) is 138 cm³/mol. The van der Waals surface area contributed by atoms with Crippen molar-refractivity contribution in [3.05, 3.63) is 35.6 Å². The molecule has 0 aromatic heterocycles. The first-order valence-electron chi connectivity index (χ1n) is 13.2. The van der Waals surface area contributed by atoms with Crippen LogP contribution in [0.15, 0.2) is 35.6 Å². The second-order valence-corrected chi connectivity index (χ2v) is 13.9. The fourth-order valence-electron chi connectivity index (χ4n) is 8.58. The summed E-state index contributed by atoms with van der Waals surface area (Å²) < 4.78 is 0. The Morgan fingerprint density at radius 3 is 2.22 bits per heavy atom. The third kappa shape index (κ3) is 3.60. The Hall–Kier alpha value is -2.09. The van der Waals surface area contributed by atoms with E-state index in [-0.39, 0.29) is 29.7 Å². The van der Waals surface area contributed by atoms with Gasteiger partial charge in [-0.2, -0.15) is 0 Å². The Morgan fingerprint density at radius 1 is 1.05 bits per heavy atom. The molecule has 204 valence electrons. The van der Waals surface area contributed by atoms with Gasteiger partial charge in [0.15, 0.2) is 11.5 Å². The van der Waals surface area contributed by atoms with Crippen LogP contribution in [0.25, 0.3) is 0 Å². The molecule has 7 nitrogen and oxygen atoms in total. The average molecular weight is 515 g/mol. The van der Waals surface area contributed by atoms with E-state index < -0.39 is 56.6 Å². The van der Waals surface area contributed by atoms with Gasteiger partial charge >= 0.3 is 0 Å². The molecular weight excluding hydrogens is 472 g/mol. The summed E-state index contributed by atoms with van der Waals surface area (Å²) in [6.07, 6.45) is 5.85. The number of hydrogen-bond donors (Lipinski definition) is 4. The monoisotopic (exact) mass is 514 g/mol. The van der Waals surface area contributed by atoms with Crippen LogP contribution in [-0.4, -0.2) is 55.1 Å². The van der Waals surface area contributed by atoms with Crippen LogP contribution in [0.1, 0.15) is 74.7 Å². The van der Waals surface area contributed by atoms with Gasteiger partial charge < -0.3 is 20.4 Å². The number of carbonyl (C=O) groups excluding carboxylic acids is 3. The number of fused-ring (bicyclic) bond motifs is 5. The first kappa shape index (κ1) is 27.9. The molecule has 2 saturated carbocycles. The molecule has 8 atom stereocenters. The average Bonchev–Trinajstić information content (AvgIpc) is 2.96. The lowest BCUT2D eigenvalue weighted by molar-refractivity contribution is -0.179. The lowest BCUT2D eigenvalue weighted by Gasteiger charge is -2.63. The zero-order valence-corrected chi connectivity index (χ0v) is 23.3. The molecule has 7 heteroatoms. The van der Waals surface area contributed by atoms with Crippen molar-refractivity contribution in [2.75, 3.05) is 0 Å². The summed E-state index contributed by atoms with van der Waals surface area (Å²) in [4.78, 5) is 40.1. The largest absolute Gasteiger partial charge is 0.505 e. The summed E-state index contributed by atoms with van der Waals surface area (Å²) in [5.41, 5.74) is -5.75. The zero-order valence-electron chi connectivity index (χ0n) is 23.3. The Morgan fingerprint density at radius 2 is 1.65 bits per heavy atom. The van der Waals surface area contributed by atoms with Gasteiger partial charge in [-0.25, -0.2) is 0 Å². The van der Waals surface area contributed by atoms with Crippen LogP contribution in [0, 0.1) is 39.4 Å². The van der Waals surface area contributed by atoms with Crippen LogP contribution in [0.5, 0.6) is 0 Å². The summed E-state index contributed by atoms with van der Waals surface area (Å²) in [5, 5.41) is 43.6. The summed E-state index contributed by atoms with van der Waals surface area (Å²) in [7, 11) is 0. The first-order valence-corrected chi connectivity index (χ1v) is 13.2. The van der Waals surface area contributed by atoms with Crippen LogP contribution < -0.4 is 0 Å². The lowest BCUT2D eigenvalue weighted by Crippen LogP contribution is -2.64. The van der Waals surface area contributed by atoms with E-state index in [4.69, 9.17) is 0 Å². The molecule has 4 aliphatic carbocycles. The van der Waals surface area contributed by atoms with Crippen LogP contribution in [-0.2, 0) is 14.4 Å². The first-order chi connectivity index (χ1) is 16.7. The van der Waals surface area contributed by atoms with Gasteiger partial charge in [-0.3, -0.25) is 14.4 Å². The topological polar surface area (TPSA) is 132 Å². The Kier molecular flexibility index (Phi) is 6.01. The van der Waals surface area contributed by atoms with Gasteiger partial charge in [0, 0.05) is 23.7 Å². The van der Waals surface area contributed by atoms with E-state index in [0.717, 1.165) is 11.6 Å². The number of Topliss-reactive ketones (excluding diaryl/α,β-unsaturated/α-hetero) is 2. The van der Waals surface area contributed by atoms with Gasteiger partial charge in [0.2, 0.25) is 5.78 Å². The predicted octanol–water partition coefficient (Wildman–Crippen LogP) is 3.62. The molecular formula is C30H42O7. The Bertz CT molecular complexity index is 1150. The highest BCUT2D eigenvalue weighted by molar-refractivity contribution is 6.02. The van der Waals surface area contributed by atoms with E-state index in [1.807, 2.05) is 26.8 Å². The second-order valence-electron chi connectivity index (χ2n) is 13.9. The molecule has 0 radical (unpaired) electrons. The molecule has 0 heterocycles. The molecule has 2 fully saturated rings. The maximum absolute atomic E-state index is 14.2. The lowest BCUT2D eigenvalue weighted by atomic mass is 9.39. The maximum Gasteiger partial charge on any atom is 0.206 e. The van der Waals surface area contributed by atoms with E-state index in [9.17, 15) is 34.8 Å². The van der Waals surface area contributed by atoms with E-state index in [1.165, 1.54) is 32.9 Å². The van der Waals surface area contributed by atoms with Crippen LogP contribution >= 0.6 is 0 Å². The molecule has 0 amide bonds. The van der Waals surface area contributed by atoms with Crippen LogP contribution in [0.3, 0.4) is 0 Å². The minimum atomic E-state index is -1.96. The SMILES string of the molecule is CC(C)(O)/C=C\C(=O)[C@](C)(O)[C@@H]1[C@H](O)C[C@]2(C)[C@@H]3CC=C4[C@H](C=C(O)C(=O)C4(C)C)[C@]3(C)C(=O)C[C@@]12C. The summed E-state index contributed by atoms with van der Waals surface area (Å²) in [5.74, 6) is -2.98. The summed E-state index contributed by atoms with van der Waals surface area (Å²) >= 11 is 0. The molecule has 0 aromatic rings. The number of aliphatic hydroxyl groups is 4. The van der Waals surface area contributed by atoms with Crippen molar-refractivity contribution in [2.24, 2.45) is 39.4 Å². The molecule has 4 aliphatic rings. The number of hydrogen-bond acceptors (Lipinski definition) is 7. The molecule has 4 N–H and O–H groups in total. The minimum absolute atomic E-state index is 0.0453. The standard InChI is InChI=1S/C30H42O7/c1-25(2,36)12-11-21(33)30(8,37)23-19(32)14-27(5)20-10-9-16-17(13-18(31)24(35)26(16,3)4)29(20,7)22(34)15-28(23,27)6/h9,11-13,17,19-20,23,31-32,36-37H,10,14-15H2,1-8H3/b12-11-/t17-,19+,20-,23+,27+,28-,29-,30-/m0/s1. The van der Waals surface area contributed by atoms with Gasteiger partial charge in [-0.1, -0.05) is 38.5 Å². The van der Waals surface area contributed by atoms with E-state index in [0.29, 0.717) is 12.8 Å². The third-order valence-electron chi connectivity index (χ3n) is 10.8. The Balaban J connectivity index is 1.82. The molecule has 0 spiro atoms. The van der Waals surface area contributed by atoms with Crippen LogP contribution in [0.4, 0.5) is 0 Å². The quantitative estimate of drug-likeness (QED) is 0.333. The Labute approximate surface area is 219 Å². The van der Waals surface area contributed by atoms with E-state index in [2.05, 4.69) is 0 Å². The molecule has 0 unspecified atom stereocenters. The molecule has 0 aromatic carbocycles. The number of ketones is 3. The second kappa shape index (κ2) is 7.96. The van der Waals surface area contributed by atoms with Gasteiger partial charge in [0.05, 0.1) is 17.1 Å². The molecule has 0 bridgehead atoms. The maximum atomic E-state index is 14.2. The summed E-state index contributed by atoms with van der Waals surface area (Å²) in [6.45, 7) is 13.8. The minimum Gasteiger partial charge on any atom is -0.505 e. The number of aliphatic hydroxyl groups excluding tert-OH is 2. The van der Waals surface area contributed by atoms with Crippen molar-refractivity contribution in [3.8, 4) is 0 Å². The highest BCUT2D eigenvalue weighted by Crippen LogP contribution is 2.73. The van der Waals surface area contributed by atoms with Crippen LogP contribution in [0.2, 0.25) is 0 Å². The fourth-order valence-corrected chi connectivity index (χ4v) is 8.58. The normalized spacial score (nSPS) is 42.9. The number of rotatable bonds is 4. The van der Waals surface area contributed by atoms with E-state index in [1.54, 1.807) is 13.8 Å². The van der Waals surface area contributed by atoms with Gasteiger partial charge in [-0.15, -0.1) is 0 Å². The summed E-state index contributed by atoms with van der Waals surface area (Å²) in [6, 6.07) is 0.